The van der Waals surface area contributed by atoms with E-state index < -0.39 is 23.5 Å². The van der Waals surface area contributed by atoms with Gasteiger partial charge in [0.15, 0.2) is 11.5 Å². The number of amides is 1. The number of furan rings is 2. The van der Waals surface area contributed by atoms with Crippen molar-refractivity contribution < 1.29 is 23.5 Å². The molecule has 0 bridgehead atoms. The van der Waals surface area contributed by atoms with E-state index in [1.807, 2.05) is 37.2 Å². The monoisotopic (exact) mass is 408 g/mol. The summed E-state index contributed by atoms with van der Waals surface area (Å²) in [5.41, 5.74) is 0.553. The molecule has 7 nitrogen and oxygen atoms in total. The molecule has 3 aromatic rings. The second-order valence-corrected chi connectivity index (χ2v) is 7.75. The molecule has 0 saturated carbocycles. The van der Waals surface area contributed by atoms with Gasteiger partial charge in [-0.25, -0.2) is 0 Å². The predicted octanol–water partition coefficient (Wildman–Crippen LogP) is 3.86. The van der Waals surface area contributed by atoms with Gasteiger partial charge in [-0.2, -0.15) is 0 Å². The Balaban J connectivity index is 1.73. The van der Waals surface area contributed by atoms with E-state index in [-0.39, 0.29) is 11.3 Å². The molecule has 0 spiro atoms. The molecule has 2 aromatic heterocycles. The first-order chi connectivity index (χ1) is 14.4. The van der Waals surface area contributed by atoms with Gasteiger partial charge in [-0.1, -0.05) is 18.2 Å². The number of nitrogens with zero attached hydrogens (tertiary/aromatic N) is 2. The summed E-state index contributed by atoms with van der Waals surface area (Å²) in [5, 5.41) is 11.4. The molecule has 30 heavy (non-hydrogen) atoms. The summed E-state index contributed by atoms with van der Waals surface area (Å²) >= 11 is 0. The highest BCUT2D eigenvalue weighted by Crippen LogP contribution is 2.40. The second kappa shape index (κ2) is 7.84. The number of hydrogen-bond donors (Lipinski definition) is 1. The summed E-state index contributed by atoms with van der Waals surface area (Å²) in [6, 6.07) is 11.6. The lowest BCUT2D eigenvalue weighted by molar-refractivity contribution is -0.129. The van der Waals surface area contributed by atoms with E-state index in [0.29, 0.717) is 30.1 Å². The van der Waals surface area contributed by atoms with Crippen molar-refractivity contribution in [2.24, 2.45) is 0 Å². The lowest BCUT2D eigenvalue weighted by atomic mass is 9.99. The highest BCUT2D eigenvalue weighted by atomic mass is 16.4. The van der Waals surface area contributed by atoms with E-state index in [1.165, 1.54) is 4.90 Å². The van der Waals surface area contributed by atoms with Crippen molar-refractivity contribution in [2.45, 2.75) is 19.4 Å². The first-order valence-corrected chi connectivity index (χ1v) is 9.85. The summed E-state index contributed by atoms with van der Waals surface area (Å²) in [5.74, 6) is -0.473. The Morgan fingerprint density at radius 1 is 1.17 bits per heavy atom. The van der Waals surface area contributed by atoms with Gasteiger partial charge in [0.1, 0.15) is 23.1 Å². The Hall–Kier alpha value is -3.32. The molecule has 156 valence electrons. The summed E-state index contributed by atoms with van der Waals surface area (Å²) in [6.45, 7) is 2.94. The van der Waals surface area contributed by atoms with Crippen molar-refractivity contribution >= 4 is 22.7 Å². The molecular weight excluding hydrogens is 384 g/mol. The minimum absolute atomic E-state index is 0.0155. The fraction of sp³-hybridized carbons (Fsp3) is 0.304. The average molecular weight is 408 g/mol. The molecule has 1 atom stereocenters. The van der Waals surface area contributed by atoms with Crippen molar-refractivity contribution in [1.82, 2.24) is 9.80 Å². The number of hydrogen-bond acceptors (Lipinski definition) is 6. The Morgan fingerprint density at radius 2 is 1.93 bits per heavy atom. The van der Waals surface area contributed by atoms with Crippen molar-refractivity contribution in [1.29, 1.82) is 0 Å². The molecule has 0 aliphatic carbocycles. The lowest BCUT2D eigenvalue weighted by Gasteiger charge is -2.25. The SMILES string of the molecule is Cc1ccc(C2C(C(=O)c3cc4ccccc4o3)=C(O)C(=O)N2CCCN(C)C)o1. The molecule has 1 aliphatic rings. The van der Waals surface area contributed by atoms with Gasteiger partial charge in [0.25, 0.3) is 5.91 Å². The van der Waals surface area contributed by atoms with Crippen molar-refractivity contribution in [2.75, 3.05) is 27.2 Å². The zero-order valence-electron chi connectivity index (χ0n) is 17.2. The van der Waals surface area contributed by atoms with E-state index in [9.17, 15) is 14.7 Å². The number of ketones is 1. The zero-order chi connectivity index (χ0) is 21.4. The molecule has 7 heteroatoms. The number of rotatable bonds is 7. The summed E-state index contributed by atoms with van der Waals surface area (Å²) in [7, 11) is 3.90. The van der Waals surface area contributed by atoms with Crippen LogP contribution >= 0.6 is 0 Å². The van der Waals surface area contributed by atoms with Crippen LogP contribution in [0.15, 0.2) is 62.6 Å². The van der Waals surface area contributed by atoms with Crippen LogP contribution < -0.4 is 0 Å². The molecule has 1 aliphatic heterocycles. The van der Waals surface area contributed by atoms with E-state index in [2.05, 4.69) is 0 Å². The number of fused-ring (bicyclic) bond motifs is 1. The summed E-state index contributed by atoms with van der Waals surface area (Å²) in [4.78, 5) is 29.7. The number of aliphatic hydroxyl groups is 1. The number of aliphatic hydroxyl groups excluding tert-OH is 1. The average Bonchev–Trinajstić information content (AvgIpc) is 3.39. The molecule has 0 fully saturated rings. The van der Waals surface area contributed by atoms with Crippen LogP contribution in [-0.2, 0) is 4.79 Å². The van der Waals surface area contributed by atoms with E-state index in [0.717, 1.165) is 11.9 Å². The van der Waals surface area contributed by atoms with Crippen LogP contribution in [0.5, 0.6) is 0 Å². The van der Waals surface area contributed by atoms with Crippen molar-refractivity contribution in [3.8, 4) is 0 Å². The zero-order valence-corrected chi connectivity index (χ0v) is 17.2. The predicted molar refractivity (Wildman–Crippen MR) is 111 cm³/mol. The number of para-hydroxylation sites is 1. The maximum Gasteiger partial charge on any atom is 0.290 e. The number of carbonyl (C=O) groups excluding carboxylic acids is 2. The quantitative estimate of drug-likeness (QED) is 0.597. The van der Waals surface area contributed by atoms with Gasteiger partial charge in [0.2, 0.25) is 5.78 Å². The maximum atomic E-state index is 13.4. The number of aryl methyl sites for hydroxylation is 1. The molecule has 0 saturated heterocycles. The molecule has 4 rings (SSSR count). The molecule has 0 radical (unpaired) electrons. The number of carbonyl (C=O) groups is 2. The third-order valence-electron chi connectivity index (χ3n) is 5.23. The van der Waals surface area contributed by atoms with E-state index in [1.54, 1.807) is 31.2 Å². The van der Waals surface area contributed by atoms with E-state index >= 15 is 0 Å². The van der Waals surface area contributed by atoms with Gasteiger partial charge in [0, 0.05) is 11.9 Å². The third-order valence-corrected chi connectivity index (χ3v) is 5.23. The van der Waals surface area contributed by atoms with Gasteiger partial charge in [-0.05, 0) is 58.3 Å². The third kappa shape index (κ3) is 3.52. The molecule has 3 heterocycles. The highest BCUT2D eigenvalue weighted by Gasteiger charge is 2.45. The molecule has 1 amide bonds. The van der Waals surface area contributed by atoms with Crippen LogP contribution in [0.1, 0.15) is 34.5 Å². The fourth-order valence-corrected chi connectivity index (χ4v) is 3.80. The lowest BCUT2D eigenvalue weighted by Crippen LogP contribution is -2.33. The fourth-order valence-electron chi connectivity index (χ4n) is 3.80. The van der Waals surface area contributed by atoms with Gasteiger partial charge in [-0.3, -0.25) is 9.59 Å². The van der Waals surface area contributed by atoms with Crippen LogP contribution in [0.4, 0.5) is 0 Å². The van der Waals surface area contributed by atoms with Crippen molar-refractivity contribution in [3.05, 3.63) is 71.1 Å². The topological polar surface area (TPSA) is 87.1 Å². The van der Waals surface area contributed by atoms with Crippen molar-refractivity contribution in [3.63, 3.8) is 0 Å². The Kier molecular flexibility index (Phi) is 5.22. The first-order valence-electron chi connectivity index (χ1n) is 9.85. The molecule has 1 aromatic carbocycles. The first kappa shape index (κ1) is 20.0. The Morgan fingerprint density at radius 3 is 2.60 bits per heavy atom. The van der Waals surface area contributed by atoms with Crippen LogP contribution in [0.25, 0.3) is 11.0 Å². The van der Waals surface area contributed by atoms with Crippen LogP contribution in [0.2, 0.25) is 0 Å². The molecular formula is C23H24N2O5. The maximum absolute atomic E-state index is 13.4. The minimum atomic E-state index is -0.797. The smallest absolute Gasteiger partial charge is 0.290 e. The summed E-state index contributed by atoms with van der Waals surface area (Å²) in [6.07, 6.45) is 0.689. The Labute approximate surface area is 174 Å². The minimum Gasteiger partial charge on any atom is -0.503 e. The van der Waals surface area contributed by atoms with Gasteiger partial charge in [-0.15, -0.1) is 0 Å². The van der Waals surface area contributed by atoms with E-state index in [4.69, 9.17) is 8.83 Å². The van der Waals surface area contributed by atoms with Crippen LogP contribution in [0, 0.1) is 6.92 Å². The highest BCUT2D eigenvalue weighted by molar-refractivity contribution is 6.15. The van der Waals surface area contributed by atoms with Gasteiger partial charge < -0.3 is 23.7 Å². The van der Waals surface area contributed by atoms with Gasteiger partial charge >= 0.3 is 0 Å². The number of benzene rings is 1. The standard InChI is InChI=1S/C23H24N2O5/c1-14-9-10-17(29-14)20-19(22(27)23(28)25(20)12-6-11-24(2)3)21(26)18-13-15-7-4-5-8-16(15)30-18/h4-5,7-10,13,20,27H,6,11-12H2,1-3H3. The molecule has 1 unspecified atom stereocenters. The largest absolute Gasteiger partial charge is 0.503 e. The number of Topliss-reactive ketones (excluding diaryl/α,β-unsaturated/α-hetero) is 1. The second-order valence-electron chi connectivity index (χ2n) is 7.75. The Bertz CT molecular complexity index is 1100. The van der Waals surface area contributed by atoms with Crippen LogP contribution in [0.3, 0.4) is 0 Å². The van der Waals surface area contributed by atoms with Crippen LogP contribution in [-0.4, -0.2) is 53.8 Å². The van der Waals surface area contributed by atoms with Gasteiger partial charge in [0.05, 0.1) is 5.57 Å². The summed E-state index contributed by atoms with van der Waals surface area (Å²) < 4.78 is 11.5. The normalized spacial score (nSPS) is 17.0. The molecule has 1 N–H and O–H groups in total.